The Morgan fingerprint density at radius 1 is 1.00 bits per heavy atom. The third kappa shape index (κ3) is 3.19. The number of aromatic nitrogens is 4. The Hall–Kier alpha value is -3.12. The third-order valence-corrected chi connectivity index (χ3v) is 4.20. The Kier molecular flexibility index (Phi) is 4.41. The zero-order chi connectivity index (χ0) is 17.9. The highest BCUT2D eigenvalue weighted by Crippen LogP contribution is 2.33. The second kappa shape index (κ2) is 7.01. The number of pyridine rings is 2. The fourth-order valence-corrected chi connectivity index (χ4v) is 2.93. The number of fused-ring (bicyclic) bond motifs is 1. The predicted molar refractivity (Wildman–Crippen MR) is 97.9 cm³/mol. The molecule has 3 aromatic heterocycles. The van der Waals surface area contributed by atoms with Gasteiger partial charge in [-0.25, -0.2) is 9.37 Å². The van der Waals surface area contributed by atoms with Gasteiger partial charge in [0.1, 0.15) is 5.82 Å². The van der Waals surface area contributed by atoms with E-state index in [-0.39, 0.29) is 12.4 Å². The summed E-state index contributed by atoms with van der Waals surface area (Å²) in [5.41, 5.74) is 4.12. The van der Waals surface area contributed by atoms with Gasteiger partial charge in [0.2, 0.25) is 0 Å². The lowest BCUT2D eigenvalue weighted by atomic mass is 9.99. The van der Waals surface area contributed by atoms with E-state index in [1.54, 1.807) is 29.2 Å². The van der Waals surface area contributed by atoms with Gasteiger partial charge in [-0.1, -0.05) is 0 Å². The van der Waals surface area contributed by atoms with Crippen molar-refractivity contribution in [3.63, 3.8) is 0 Å². The summed E-state index contributed by atoms with van der Waals surface area (Å²) in [6, 6.07) is 12.2. The largest absolute Gasteiger partial charge is 0.396 e. The first-order chi connectivity index (χ1) is 12.7. The number of rotatable bonds is 5. The standard InChI is InChI=1S/C20H17FN4O/c21-17-4-2-15(3-5-17)19-18(14-6-8-22-9-7-14)12-16-13-25(10-1-11-26)24-20(16)23-19/h2-9,12-13,26H,1,10-11H2. The first-order valence-corrected chi connectivity index (χ1v) is 8.40. The molecular weight excluding hydrogens is 331 g/mol. The predicted octanol–water partition coefficient (Wildman–Crippen LogP) is 3.68. The number of aliphatic hydroxyl groups excluding tert-OH is 1. The summed E-state index contributed by atoms with van der Waals surface area (Å²) in [6.07, 6.45) is 6.03. The number of hydrogen-bond acceptors (Lipinski definition) is 4. The second-order valence-corrected chi connectivity index (χ2v) is 6.01. The number of hydrogen-bond donors (Lipinski definition) is 1. The van der Waals surface area contributed by atoms with Crippen molar-refractivity contribution in [1.29, 1.82) is 0 Å². The van der Waals surface area contributed by atoms with Crippen molar-refractivity contribution in [2.75, 3.05) is 6.61 Å². The molecule has 3 heterocycles. The third-order valence-electron chi connectivity index (χ3n) is 4.20. The second-order valence-electron chi connectivity index (χ2n) is 6.01. The number of aliphatic hydroxyl groups is 1. The van der Waals surface area contributed by atoms with Gasteiger partial charge in [0.05, 0.1) is 5.69 Å². The summed E-state index contributed by atoms with van der Waals surface area (Å²) in [6.45, 7) is 0.746. The molecule has 0 radical (unpaired) electrons. The average Bonchev–Trinajstić information content (AvgIpc) is 3.08. The van der Waals surface area contributed by atoms with Gasteiger partial charge in [-0.3, -0.25) is 9.67 Å². The van der Waals surface area contributed by atoms with E-state index in [9.17, 15) is 4.39 Å². The summed E-state index contributed by atoms with van der Waals surface area (Å²) < 4.78 is 15.1. The molecule has 0 unspecified atom stereocenters. The van der Waals surface area contributed by atoms with E-state index < -0.39 is 0 Å². The van der Waals surface area contributed by atoms with Gasteiger partial charge in [0.15, 0.2) is 5.65 Å². The van der Waals surface area contributed by atoms with Crippen molar-refractivity contribution in [3.05, 3.63) is 66.9 Å². The Balaban J connectivity index is 1.90. The molecule has 0 bridgehead atoms. The van der Waals surface area contributed by atoms with Crippen molar-refractivity contribution in [3.8, 4) is 22.4 Å². The van der Waals surface area contributed by atoms with Crippen LogP contribution in [0.2, 0.25) is 0 Å². The molecule has 0 atom stereocenters. The molecule has 0 saturated heterocycles. The maximum atomic E-state index is 13.3. The van der Waals surface area contributed by atoms with Crippen LogP contribution in [0.15, 0.2) is 61.1 Å². The van der Waals surface area contributed by atoms with Gasteiger partial charge in [-0.2, -0.15) is 5.10 Å². The van der Waals surface area contributed by atoms with E-state index in [4.69, 9.17) is 10.1 Å². The first kappa shape index (κ1) is 16.4. The molecule has 0 amide bonds. The van der Waals surface area contributed by atoms with Crippen LogP contribution in [0, 0.1) is 5.82 Å². The monoisotopic (exact) mass is 348 g/mol. The van der Waals surface area contributed by atoms with Gasteiger partial charge in [-0.15, -0.1) is 0 Å². The van der Waals surface area contributed by atoms with E-state index >= 15 is 0 Å². The van der Waals surface area contributed by atoms with Crippen molar-refractivity contribution in [2.45, 2.75) is 13.0 Å². The summed E-state index contributed by atoms with van der Waals surface area (Å²) in [4.78, 5) is 8.82. The summed E-state index contributed by atoms with van der Waals surface area (Å²) in [5, 5.41) is 14.4. The fraction of sp³-hybridized carbons (Fsp3) is 0.150. The van der Waals surface area contributed by atoms with E-state index in [1.165, 1.54) is 12.1 Å². The minimum absolute atomic E-state index is 0.118. The van der Waals surface area contributed by atoms with E-state index in [2.05, 4.69) is 10.1 Å². The Bertz CT molecular complexity index is 1030. The normalized spacial score (nSPS) is 11.2. The van der Waals surface area contributed by atoms with Crippen LogP contribution >= 0.6 is 0 Å². The quantitative estimate of drug-likeness (QED) is 0.597. The molecule has 0 saturated carbocycles. The Morgan fingerprint density at radius 3 is 2.50 bits per heavy atom. The molecule has 0 fully saturated rings. The number of benzene rings is 1. The highest BCUT2D eigenvalue weighted by atomic mass is 19.1. The minimum atomic E-state index is -0.284. The van der Waals surface area contributed by atoms with Crippen LogP contribution in [-0.2, 0) is 6.54 Å². The van der Waals surface area contributed by atoms with Crippen molar-refractivity contribution in [1.82, 2.24) is 19.7 Å². The Labute approximate surface area is 149 Å². The molecule has 0 aliphatic rings. The lowest BCUT2D eigenvalue weighted by molar-refractivity contribution is 0.277. The molecule has 0 aliphatic carbocycles. The highest BCUT2D eigenvalue weighted by Gasteiger charge is 2.13. The van der Waals surface area contributed by atoms with Crippen molar-refractivity contribution < 1.29 is 9.50 Å². The average molecular weight is 348 g/mol. The summed E-state index contributed by atoms with van der Waals surface area (Å²) >= 11 is 0. The van der Waals surface area contributed by atoms with E-state index in [0.717, 1.165) is 27.8 Å². The molecule has 4 rings (SSSR count). The highest BCUT2D eigenvalue weighted by molar-refractivity contribution is 5.89. The Morgan fingerprint density at radius 2 is 1.77 bits per heavy atom. The van der Waals surface area contributed by atoms with Gasteiger partial charge < -0.3 is 5.11 Å². The molecule has 0 aliphatic heterocycles. The molecule has 130 valence electrons. The SMILES string of the molecule is OCCCn1cc2cc(-c3ccncc3)c(-c3ccc(F)cc3)nc2n1. The zero-order valence-corrected chi connectivity index (χ0v) is 14.0. The first-order valence-electron chi connectivity index (χ1n) is 8.40. The van der Waals surface area contributed by atoms with Gasteiger partial charge >= 0.3 is 0 Å². The van der Waals surface area contributed by atoms with Gasteiger partial charge in [0.25, 0.3) is 0 Å². The van der Waals surface area contributed by atoms with Crippen LogP contribution in [0.3, 0.4) is 0 Å². The number of nitrogens with zero attached hydrogens (tertiary/aromatic N) is 4. The van der Waals surface area contributed by atoms with Crippen LogP contribution in [0.25, 0.3) is 33.4 Å². The van der Waals surface area contributed by atoms with Crippen LogP contribution in [0.4, 0.5) is 4.39 Å². The number of halogens is 1. The molecular formula is C20H17FN4O. The molecule has 0 spiro atoms. The van der Waals surface area contributed by atoms with Gasteiger partial charge in [0, 0.05) is 48.3 Å². The molecule has 1 aromatic carbocycles. The molecule has 4 aromatic rings. The lowest BCUT2D eigenvalue weighted by Crippen LogP contribution is -2.00. The minimum Gasteiger partial charge on any atom is -0.396 e. The number of aryl methyl sites for hydroxylation is 1. The smallest absolute Gasteiger partial charge is 0.181 e. The van der Waals surface area contributed by atoms with E-state index in [0.29, 0.717) is 18.6 Å². The van der Waals surface area contributed by atoms with Crippen molar-refractivity contribution in [2.24, 2.45) is 0 Å². The summed E-state index contributed by atoms with van der Waals surface area (Å²) in [5.74, 6) is -0.284. The zero-order valence-electron chi connectivity index (χ0n) is 14.0. The molecule has 5 nitrogen and oxygen atoms in total. The fourth-order valence-electron chi connectivity index (χ4n) is 2.93. The van der Waals surface area contributed by atoms with Crippen LogP contribution in [-0.4, -0.2) is 31.5 Å². The molecule has 6 heteroatoms. The topological polar surface area (TPSA) is 63.8 Å². The van der Waals surface area contributed by atoms with Gasteiger partial charge in [-0.05, 0) is 54.4 Å². The van der Waals surface area contributed by atoms with Crippen molar-refractivity contribution >= 4 is 11.0 Å². The van der Waals surface area contributed by atoms with E-state index in [1.807, 2.05) is 24.4 Å². The molecule has 1 N–H and O–H groups in total. The maximum absolute atomic E-state index is 13.3. The van der Waals surface area contributed by atoms with Crippen LogP contribution in [0.1, 0.15) is 6.42 Å². The van der Waals surface area contributed by atoms with Crippen LogP contribution in [0.5, 0.6) is 0 Å². The lowest BCUT2D eigenvalue weighted by Gasteiger charge is -2.09. The summed E-state index contributed by atoms with van der Waals surface area (Å²) in [7, 11) is 0. The maximum Gasteiger partial charge on any atom is 0.181 e. The molecule has 26 heavy (non-hydrogen) atoms. The van der Waals surface area contributed by atoms with Crippen LogP contribution < -0.4 is 0 Å².